The fourth-order valence-electron chi connectivity index (χ4n) is 3.05. The molecule has 0 radical (unpaired) electrons. The van der Waals surface area contributed by atoms with Gasteiger partial charge >= 0.3 is 0 Å². The van der Waals surface area contributed by atoms with E-state index in [0.717, 1.165) is 0 Å². The highest BCUT2D eigenvalue weighted by atomic mass is 15.3. The fourth-order valence-corrected chi connectivity index (χ4v) is 3.05. The number of azo groups is 1. The van der Waals surface area contributed by atoms with Crippen molar-refractivity contribution in [3.63, 3.8) is 0 Å². The molecule has 2 aliphatic rings. The molecule has 15 heavy (non-hydrogen) atoms. The van der Waals surface area contributed by atoms with Crippen LogP contribution in [-0.4, -0.2) is 5.54 Å². The van der Waals surface area contributed by atoms with E-state index in [-0.39, 0.29) is 11.6 Å². The van der Waals surface area contributed by atoms with Gasteiger partial charge in [0.25, 0.3) is 0 Å². The van der Waals surface area contributed by atoms with Gasteiger partial charge in [0.05, 0.1) is 5.54 Å². The van der Waals surface area contributed by atoms with Crippen LogP contribution in [0.25, 0.3) is 0 Å². The van der Waals surface area contributed by atoms with Crippen LogP contribution in [0.2, 0.25) is 0 Å². The maximum absolute atomic E-state index is 4.48. The second-order valence-electron chi connectivity index (χ2n) is 5.42. The van der Waals surface area contributed by atoms with Crippen LogP contribution in [0.15, 0.2) is 40.6 Å². The van der Waals surface area contributed by atoms with E-state index in [1.807, 2.05) is 6.07 Å². The smallest absolute Gasteiger partial charge is 0.102 e. The van der Waals surface area contributed by atoms with Crippen molar-refractivity contribution in [2.75, 3.05) is 0 Å². The van der Waals surface area contributed by atoms with Gasteiger partial charge in [-0.1, -0.05) is 44.2 Å². The van der Waals surface area contributed by atoms with Gasteiger partial charge in [0.15, 0.2) is 0 Å². The average Bonchev–Trinajstić information content (AvgIpc) is 2.58. The van der Waals surface area contributed by atoms with Crippen LogP contribution in [0.4, 0.5) is 0 Å². The average molecular weight is 200 g/mol. The van der Waals surface area contributed by atoms with Gasteiger partial charge in [-0.2, -0.15) is 10.2 Å². The van der Waals surface area contributed by atoms with Crippen LogP contribution in [0.1, 0.15) is 32.4 Å². The van der Waals surface area contributed by atoms with Gasteiger partial charge in [-0.3, -0.25) is 0 Å². The number of hydrogen-bond donors (Lipinski definition) is 0. The van der Waals surface area contributed by atoms with Crippen molar-refractivity contribution >= 4 is 0 Å². The molecule has 2 nitrogen and oxygen atoms in total. The van der Waals surface area contributed by atoms with Gasteiger partial charge in [0, 0.05) is 5.92 Å². The first-order valence-corrected chi connectivity index (χ1v) is 5.54. The van der Waals surface area contributed by atoms with Crippen molar-refractivity contribution in [3.8, 4) is 0 Å². The summed E-state index contributed by atoms with van der Waals surface area (Å²) in [5, 5.41) is 8.91. The lowest BCUT2D eigenvalue weighted by Gasteiger charge is -2.12. The van der Waals surface area contributed by atoms with Gasteiger partial charge in [-0.15, -0.1) is 0 Å². The van der Waals surface area contributed by atoms with Crippen LogP contribution in [0.3, 0.4) is 0 Å². The molecule has 1 fully saturated rings. The summed E-state index contributed by atoms with van der Waals surface area (Å²) in [6.45, 7) is 6.82. The Hall–Kier alpha value is -1.18. The number of nitrogens with zero attached hydrogens (tertiary/aromatic N) is 2. The Labute approximate surface area is 90.4 Å². The maximum Gasteiger partial charge on any atom is 0.102 e. The first-order chi connectivity index (χ1) is 7.07. The fraction of sp³-hybridized carbons (Fsp3) is 0.538. The van der Waals surface area contributed by atoms with Crippen molar-refractivity contribution in [2.24, 2.45) is 21.6 Å². The Kier molecular flexibility index (Phi) is 1.51. The lowest BCUT2D eigenvalue weighted by molar-refractivity contribution is 0.448. The van der Waals surface area contributed by atoms with E-state index in [4.69, 9.17) is 0 Å². The molecule has 0 bridgehead atoms. The summed E-state index contributed by atoms with van der Waals surface area (Å²) < 4.78 is 0. The van der Waals surface area contributed by atoms with Crippen molar-refractivity contribution in [1.82, 2.24) is 0 Å². The van der Waals surface area contributed by atoms with E-state index >= 15 is 0 Å². The van der Waals surface area contributed by atoms with Crippen molar-refractivity contribution in [2.45, 2.75) is 32.4 Å². The zero-order valence-corrected chi connectivity index (χ0v) is 9.44. The highest BCUT2D eigenvalue weighted by Gasteiger charge is 2.74. The normalized spacial score (nSPS) is 40.2. The molecule has 0 spiro atoms. The Balaban J connectivity index is 1.97. The topological polar surface area (TPSA) is 24.7 Å². The third kappa shape index (κ3) is 0.947. The first kappa shape index (κ1) is 9.08. The minimum Gasteiger partial charge on any atom is -0.186 e. The van der Waals surface area contributed by atoms with E-state index in [9.17, 15) is 0 Å². The Morgan fingerprint density at radius 3 is 2.27 bits per heavy atom. The van der Waals surface area contributed by atoms with Gasteiger partial charge in [-0.25, -0.2) is 0 Å². The standard InChI is InChI=1S/C13H16N2/c1-12(2)11-10(14-15-13(11,12)3)9-7-5-4-6-8-9/h4-8,10-11H,1-3H3. The van der Waals surface area contributed by atoms with Crippen molar-refractivity contribution in [3.05, 3.63) is 35.9 Å². The highest BCUT2D eigenvalue weighted by Crippen LogP contribution is 2.72. The molecule has 1 aliphatic heterocycles. The molecule has 0 aromatic heterocycles. The Morgan fingerprint density at radius 2 is 1.73 bits per heavy atom. The Morgan fingerprint density at radius 1 is 1.07 bits per heavy atom. The molecule has 3 unspecified atom stereocenters. The number of benzene rings is 1. The molecule has 1 saturated carbocycles. The predicted octanol–water partition coefficient (Wildman–Crippen LogP) is 3.61. The molecular weight excluding hydrogens is 184 g/mol. The van der Waals surface area contributed by atoms with E-state index < -0.39 is 0 Å². The second kappa shape index (κ2) is 2.49. The van der Waals surface area contributed by atoms with Crippen LogP contribution in [0, 0.1) is 11.3 Å². The molecule has 3 atom stereocenters. The minimum atomic E-state index is 0.0908. The largest absolute Gasteiger partial charge is 0.186 e. The minimum absolute atomic E-state index is 0.0908. The molecule has 1 aliphatic carbocycles. The summed E-state index contributed by atoms with van der Waals surface area (Å²) in [6.07, 6.45) is 0. The lowest BCUT2D eigenvalue weighted by atomic mass is 9.98. The van der Waals surface area contributed by atoms with E-state index in [1.165, 1.54) is 5.56 Å². The first-order valence-electron chi connectivity index (χ1n) is 5.54. The number of fused-ring (bicyclic) bond motifs is 1. The number of rotatable bonds is 1. The van der Waals surface area contributed by atoms with Gasteiger partial charge < -0.3 is 0 Å². The molecule has 0 N–H and O–H groups in total. The van der Waals surface area contributed by atoms with E-state index in [2.05, 4.69) is 55.3 Å². The van der Waals surface area contributed by atoms with Crippen LogP contribution in [0.5, 0.6) is 0 Å². The third-order valence-electron chi connectivity index (χ3n) is 4.45. The van der Waals surface area contributed by atoms with Crippen LogP contribution < -0.4 is 0 Å². The zero-order chi connectivity index (χ0) is 10.7. The SMILES string of the molecule is CC1(C)C2C(c3ccccc3)N=NC21C. The predicted molar refractivity (Wildman–Crippen MR) is 59.7 cm³/mol. The van der Waals surface area contributed by atoms with Gasteiger partial charge in [-0.05, 0) is 17.9 Å². The van der Waals surface area contributed by atoms with Gasteiger partial charge in [0.2, 0.25) is 0 Å². The van der Waals surface area contributed by atoms with Crippen LogP contribution >= 0.6 is 0 Å². The molecule has 0 amide bonds. The van der Waals surface area contributed by atoms with E-state index in [0.29, 0.717) is 11.3 Å². The summed E-state index contributed by atoms with van der Waals surface area (Å²) in [4.78, 5) is 0. The maximum atomic E-state index is 4.48. The quantitative estimate of drug-likeness (QED) is 0.661. The van der Waals surface area contributed by atoms with Gasteiger partial charge in [0.1, 0.15) is 6.04 Å². The van der Waals surface area contributed by atoms with E-state index in [1.54, 1.807) is 0 Å². The lowest BCUT2D eigenvalue weighted by Crippen LogP contribution is -2.06. The molecule has 1 heterocycles. The molecule has 1 aromatic rings. The molecule has 1 aromatic carbocycles. The number of hydrogen-bond acceptors (Lipinski definition) is 2. The van der Waals surface area contributed by atoms with Crippen LogP contribution in [-0.2, 0) is 0 Å². The monoisotopic (exact) mass is 200 g/mol. The summed E-state index contributed by atoms with van der Waals surface area (Å²) >= 11 is 0. The third-order valence-corrected chi connectivity index (χ3v) is 4.45. The highest BCUT2D eigenvalue weighted by molar-refractivity contribution is 5.34. The second-order valence-corrected chi connectivity index (χ2v) is 5.42. The Bertz CT molecular complexity index is 421. The summed E-state index contributed by atoms with van der Waals surface area (Å²) in [6, 6.07) is 10.8. The molecule has 0 saturated heterocycles. The molecule has 2 heteroatoms. The summed E-state index contributed by atoms with van der Waals surface area (Å²) in [7, 11) is 0. The van der Waals surface area contributed by atoms with Crippen molar-refractivity contribution in [1.29, 1.82) is 0 Å². The summed E-state index contributed by atoms with van der Waals surface area (Å²) in [5.74, 6) is 0.590. The van der Waals surface area contributed by atoms with Crippen molar-refractivity contribution < 1.29 is 0 Å². The molecule has 3 rings (SSSR count). The summed E-state index contributed by atoms with van der Waals surface area (Å²) in [5.41, 5.74) is 1.71. The molecule has 78 valence electrons. The zero-order valence-electron chi connectivity index (χ0n) is 9.44. The molecular formula is C13H16N2.